The first kappa shape index (κ1) is 29.3. The van der Waals surface area contributed by atoms with Gasteiger partial charge in [-0.25, -0.2) is 18.7 Å². The van der Waals surface area contributed by atoms with Gasteiger partial charge in [0, 0.05) is 42.6 Å². The van der Waals surface area contributed by atoms with Gasteiger partial charge in [0.25, 0.3) is 0 Å². The van der Waals surface area contributed by atoms with Crippen LogP contribution in [0.25, 0.3) is 22.0 Å². The molecule has 9 nitrogen and oxygen atoms in total. The molecule has 0 amide bonds. The van der Waals surface area contributed by atoms with E-state index in [-0.39, 0.29) is 18.8 Å². The Labute approximate surface area is 261 Å². The van der Waals surface area contributed by atoms with E-state index >= 15 is 0 Å². The predicted molar refractivity (Wildman–Crippen MR) is 173 cm³/mol. The summed E-state index contributed by atoms with van der Waals surface area (Å²) in [5.41, 5.74) is 7.98. The molecular formula is C34H39F2N9. The molecule has 3 aromatic heterocycles. The van der Waals surface area contributed by atoms with Crippen molar-refractivity contribution in [3.63, 3.8) is 0 Å². The second-order valence-electron chi connectivity index (χ2n) is 12.6. The van der Waals surface area contributed by atoms with Gasteiger partial charge in [-0.3, -0.25) is 10.1 Å². The Morgan fingerprint density at radius 2 is 1.93 bits per heavy atom. The van der Waals surface area contributed by atoms with Crippen molar-refractivity contribution in [2.24, 2.45) is 0 Å². The first-order valence-corrected chi connectivity index (χ1v) is 15.7. The fourth-order valence-corrected chi connectivity index (χ4v) is 7.10. The van der Waals surface area contributed by atoms with E-state index in [1.54, 1.807) is 30.3 Å². The number of likely N-dealkylation sites (tertiary alicyclic amines) is 1. The van der Waals surface area contributed by atoms with Gasteiger partial charge in [0.05, 0.1) is 24.1 Å². The van der Waals surface area contributed by atoms with Crippen molar-refractivity contribution >= 4 is 22.7 Å². The highest BCUT2D eigenvalue weighted by atomic mass is 19.1. The Bertz CT molecular complexity index is 1810. The quantitative estimate of drug-likeness (QED) is 0.140. The van der Waals surface area contributed by atoms with Gasteiger partial charge >= 0.3 is 0 Å². The third-order valence-electron chi connectivity index (χ3n) is 9.40. The van der Waals surface area contributed by atoms with Crippen molar-refractivity contribution < 1.29 is 8.78 Å². The Morgan fingerprint density at radius 3 is 2.64 bits per heavy atom. The molecule has 0 aliphatic carbocycles. The number of piperidine rings is 1. The van der Waals surface area contributed by atoms with Crippen molar-refractivity contribution in [2.45, 2.75) is 70.9 Å². The smallest absolute Gasteiger partial charge is 0.205 e. The number of aryl methyl sites for hydroxylation is 2. The topological polar surface area (TPSA) is 103 Å². The molecule has 0 bridgehead atoms. The number of hydrogen-bond donors (Lipinski definition) is 3. The number of alkyl halides is 2. The average Bonchev–Trinajstić information content (AvgIpc) is 3.82. The maximum Gasteiger partial charge on any atom is 0.205 e. The SMILES string of the molecule is Cc1cc(-c2ccc(C3CCN(CC(C)F)CC3)cc2)c(C)c2nn(C(C(=N)Nc3ncc[nH]3)c3ncn4c3C[C@@H](F)C4)cc12. The van der Waals surface area contributed by atoms with E-state index in [2.05, 4.69) is 69.3 Å². The lowest BCUT2D eigenvalue weighted by atomic mass is 9.87. The second-order valence-corrected chi connectivity index (χ2v) is 12.6. The molecule has 2 aliphatic heterocycles. The maximum atomic E-state index is 14.4. The van der Waals surface area contributed by atoms with Crippen LogP contribution in [0.5, 0.6) is 0 Å². The summed E-state index contributed by atoms with van der Waals surface area (Å²) in [5.74, 6) is 1.07. The standard InChI is InChI=1S/C34H39F2N9/c1-20-14-27(25-6-4-23(5-7-25)24-8-12-43(13-9-24)16-21(2)35)22(3)30-28(20)18-45(42-30)32(33(37)41-34-38-10-11-39-34)31-29-15-26(36)17-44(29)19-40-31/h4-7,10-11,14,18-19,21,24,26,32H,8-9,12-13,15-17H2,1-3H3,(H3,37,38,39,41)/t21?,26-,32?/m1/s1. The summed E-state index contributed by atoms with van der Waals surface area (Å²) in [6, 6.07) is 10.4. The molecular weight excluding hydrogens is 572 g/mol. The van der Waals surface area contributed by atoms with E-state index in [1.165, 1.54) is 5.56 Å². The number of H-pyrrole nitrogens is 1. The number of imidazole rings is 2. The zero-order chi connectivity index (χ0) is 31.2. The van der Waals surface area contributed by atoms with E-state index in [9.17, 15) is 8.78 Å². The Morgan fingerprint density at radius 1 is 1.16 bits per heavy atom. The van der Waals surface area contributed by atoms with Gasteiger partial charge in [-0.2, -0.15) is 5.10 Å². The molecule has 5 heterocycles. The van der Waals surface area contributed by atoms with Crippen LogP contribution < -0.4 is 5.32 Å². The van der Waals surface area contributed by atoms with Crippen LogP contribution in [0, 0.1) is 19.3 Å². The minimum atomic E-state index is -0.970. The first-order chi connectivity index (χ1) is 21.7. The van der Waals surface area contributed by atoms with Crippen LogP contribution in [0.15, 0.2) is 55.2 Å². The number of nitrogens with zero attached hydrogens (tertiary/aromatic N) is 6. The van der Waals surface area contributed by atoms with Gasteiger partial charge in [0.1, 0.15) is 18.2 Å². The molecule has 45 heavy (non-hydrogen) atoms. The summed E-state index contributed by atoms with van der Waals surface area (Å²) in [4.78, 5) is 14.1. The monoisotopic (exact) mass is 611 g/mol. The number of halogens is 2. The van der Waals surface area contributed by atoms with E-state index in [4.69, 9.17) is 10.5 Å². The molecule has 5 aromatic rings. The van der Waals surface area contributed by atoms with Gasteiger partial charge in [-0.05, 0) is 80.4 Å². The van der Waals surface area contributed by atoms with Gasteiger partial charge in [0.15, 0.2) is 6.04 Å². The predicted octanol–water partition coefficient (Wildman–Crippen LogP) is 6.35. The van der Waals surface area contributed by atoms with Crippen LogP contribution in [0.2, 0.25) is 0 Å². The number of aromatic amines is 1. The fourth-order valence-electron chi connectivity index (χ4n) is 7.10. The largest absolute Gasteiger partial charge is 0.331 e. The van der Waals surface area contributed by atoms with Gasteiger partial charge < -0.3 is 19.8 Å². The lowest BCUT2D eigenvalue weighted by molar-refractivity contribution is 0.165. The lowest BCUT2D eigenvalue weighted by Gasteiger charge is -2.32. The number of hydrogen-bond acceptors (Lipinski definition) is 5. The van der Waals surface area contributed by atoms with Gasteiger partial charge in [-0.15, -0.1) is 0 Å². The summed E-state index contributed by atoms with van der Waals surface area (Å²) in [6.45, 7) is 8.47. The van der Waals surface area contributed by atoms with E-state index in [0.717, 1.165) is 64.8 Å². The minimum absolute atomic E-state index is 0.137. The Kier molecular flexibility index (Phi) is 7.72. The van der Waals surface area contributed by atoms with E-state index < -0.39 is 18.4 Å². The highest BCUT2D eigenvalue weighted by Gasteiger charge is 2.33. The van der Waals surface area contributed by atoms with Gasteiger partial charge in [-0.1, -0.05) is 30.3 Å². The lowest BCUT2D eigenvalue weighted by Crippen LogP contribution is -2.36. The molecule has 2 aliphatic rings. The van der Waals surface area contributed by atoms with Crippen LogP contribution in [-0.4, -0.2) is 72.0 Å². The number of benzene rings is 2. The zero-order valence-electron chi connectivity index (χ0n) is 25.9. The van der Waals surface area contributed by atoms with E-state index in [1.807, 2.05) is 10.8 Å². The Hall–Kier alpha value is -4.38. The Balaban J connectivity index is 1.20. The molecule has 3 N–H and O–H groups in total. The highest BCUT2D eigenvalue weighted by Crippen LogP contribution is 2.36. The van der Waals surface area contributed by atoms with Crippen LogP contribution in [0.1, 0.15) is 59.8 Å². The highest BCUT2D eigenvalue weighted by molar-refractivity contribution is 5.97. The van der Waals surface area contributed by atoms with Crippen molar-refractivity contribution in [1.29, 1.82) is 5.41 Å². The second kappa shape index (κ2) is 11.8. The number of anilines is 1. The molecule has 2 aromatic carbocycles. The summed E-state index contributed by atoms with van der Waals surface area (Å²) in [5, 5.41) is 18.2. The molecule has 1 saturated heterocycles. The molecule has 0 spiro atoms. The number of nitrogens with one attached hydrogen (secondary N) is 3. The number of amidine groups is 1. The fraction of sp³-hybridized carbons (Fsp3) is 0.412. The van der Waals surface area contributed by atoms with Crippen molar-refractivity contribution in [1.82, 2.24) is 34.2 Å². The summed E-state index contributed by atoms with van der Waals surface area (Å²) in [6.07, 6.45) is 7.53. The molecule has 0 saturated carbocycles. The summed E-state index contributed by atoms with van der Waals surface area (Å²) in [7, 11) is 0. The molecule has 7 rings (SSSR count). The molecule has 0 radical (unpaired) electrons. The van der Waals surface area contributed by atoms with Crippen molar-refractivity contribution in [2.75, 3.05) is 25.0 Å². The van der Waals surface area contributed by atoms with Crippen LogP contribution in [0.4, 0.5) is 14.7 Å². The number of fused-ring (bicyclic) bond motifs is 2. The molecule has 1 fully saturated rings. The van der Waals surface area contributed by atoms with E-state index in [0.29, 0.717) is 24.1 Å². The molecule has 234 valence electrons. The van der Waals surface area contributed by atoms with Crippen LogP contribution in [0.3, 0.4) is 0 Å². The van der Waals surface area contributed by atoms with Crippen molar-refractivity contribution in [3.8, 4) is 11.1 Å². The third kappa shape index (κ3) is 5.65. The maximum absolute atomic E-state index is 14.4. The molecule has 3 atom stereocenters. The van der Waals surface area contributed by atoms with Crippen LogP contribution >= 0.6 is 0 Å². The first-order valence-electron chi connectivity index (χ1n) is 15.7. The minimum Gasteiger partial charge on any atom is -0.331 e. The third-order valence-corrected chi connectivity index (χ3v) is 9.40. The normalized spacial score (nSPS) is 18.7. The summed E-state index contributed by atoms with van der Waals surface area (Å²) < 4.78 is 31.5. The van der Waals surface area contributed by atoms with Crippen LogP contribution in [-0.2, 0) is 13.0 Å². The summed E-state index contributed by atoms with van der Waals surface area (Å²) >= 11 is 0. The molecule has 11 heteroatoms. The average molecular weight is 612 g/mol. The van der Waals surface area contributed by atoms with Gasteiger partial charge in [0.2, 0.25) is 5.95 Å². The zero-order valence-corrected chi connectivity index (χ0v) is 25.9. The number of aromatic nitrogens is 6. The molecule has 2 unspecified atom stereocenters. The van der Waals surface area contributed by atoms with Crippen molar-refractivity contribution in [3.05, 3.63) is 83.3 Å². The number of rotatable bonds is 8.